The van der Waals surface area contributed by atoms with Crippen molar-refractivity contribution in [2.24, 2.45) is 28.1 Å². The third-order valence-electron chi connectivity index (χ3n) is 12.5. The van der Waals surface area contributed by atoms with Gasteiger partial charge in [-0.25, -0.2) is 14.4 Å². The quantitative estimate of drug-likeness (QED) is 0.149. The average Bonchev–Trinajstić information content (AvgIpc) is 3.14. The lowest BCUT2D eigenvalue weighted by atomic mass is 9.45. The highest BCUT2D eigenvalue weighted by Crippen LogP contribution is 2.65. The molecule has 16 heteroatoms. The standard InChI is InChI=1S/C44H59NO15/c1-22(2)17-27(45-39(53)56-20-40(6,7)8)32(49)38(52)58-28-19-44(54)36(59-37(51)26-15-13-12-14-16-26)34-42(11,29(48)18-30-43(34,21-55-30)60-25(5)47)35(50)33(57-24(4)46)31(23(28)3)41(44,9)10/h12-17,23,27-30,32,34,36,48-49,54H,18-21H2,1-11H3,(H,45,53)/t23?,27?,28?,29?,30?,32?,34?,36?,42-,43+,44?/m1/s1. The van der Waals surface area contributed by atoms with Gasteiger partial charge in [0.1, 0.15) is 23.9 Å². The number of hydrogen-bond acceptors (Lipinski definition) is 15. The van der Waals surface area contributed by atoms with Crippen LogP contribution in [0.1, 0.15) is 99.4 Å². The summed E-state index contributed by atoms with van der Waals surface area (Å²) in [6.07, 6.45) is -8.05. The van der Waals surface area contributed by atoms with Gasteiger partial charge in [-0.05, 0) is 43.9 Å². The van der Waals surface area contributed by atoms with E-state index in [2.05, 4.69) is 5.32 Å². The number of ether oxygens (including phenoxy) is 6. The van der Waals surface area contributed by atoms with Crippen LogP contribution in [0.25, 0.3) is 0 Å². The third kappa shape index (κ3) is 8.35. The Kier molecular flexibility index (Phi) is 12.9. The highest BCUT2D eigenvalue weighted by molar-refractivity contribution is 6.02. The molecule has 330 valence electrons. The summed E-state index contributed by atoms with van der Waals surface area (Å²) in [6.45, 7) is 17.0. The highest BCUT2D eigenvalue weighted by atomic mass is 16.6. The van der Waals surface area contributed by atoms with Crippen LogP contribution in [0, 0.1) is 28.1 Å². The van der Waals surface area contributed by atoms with Crippen LogP contribution in [-0.2, 0) is 47.6 Å². The van der Waals surface area contributed by atoms with Gasteiger partial charge < -0.3 is 49.1 Å². The lowest BCUT2D eigenvalue weighted by Gasteiger charge is -2.67. The fourth-order valence-electron chi connectivity index (χ4n) is 9.42. The van der Waals surface area contributed by atoms with E-state index in [-0.39, 0.29) is 36.2 Å². The summed E-state index contributed by atoms with van der Waals surface area (Å²) in [4.78, 5) is 82.3. The van der Waals surface area contributed by atoms with E-state index in [0.717, 1.165) is 13.8 Å². The van der Waals surface area contributed by atoms with Crippen molar-refractivity contribution in [3.63, 3.8) is 0 Å². The number of amides is 1. The van der Waals surface area contributed by atoms with Crippen molar-refractivity contribution in [1.29, 1.82) is 0 Å². The highest BCUT2D eigenvalue weighted by Gasteiger charge is 2.78. The van der Waals surface area contributed by atoms with Crippen LogP contribution in [-0.4, -0.2) is 112 Å². The van der Waals surface area contributed by atoms with Crippen molar-refractivity contribution < 1.29 is 72.5 Å². The third-order valence-corrected chi connectivity index (χ3v) is 12.5. The molecule has 1 heterocycles. The van der Waals surface area contributed by atoms with Gasteiger partial charge in [0.2, 0.25) is 5.78 Å². The van der Waals surface area contributed by atoms with Gasteiger partial charge in [-0.1, -0.05) is 71.4 Å². The SMILES string of the molecule is CC(=O)OC1=C2C(C)C(OC(=O)C(O)C(C=C(C)C)NC(=O)OCC(C)(C)C)CC(O)(C(OC(=O)c3ccccc3)C3[C@]4(OC(C)=O)COC4CC(O)[C@@]3(C)C1=O)C2(C)C. The molecule has 4 N–H and O–H groups in total. The second-order valence-electron chi connectivity index (χ2n) is 18.7. The van der Waals surface area contributed by atoms with E-state index in [1.54, 1.807) is 52.8 Å². The molecule has 9 unspecified atom stereocenters. The normalized spacial score (nSPS) is 32.8. The van der Waals surface area contributed by atoms with Gasteiger partial charge in [0.25, 0.3) is 0 Å². The van der Waals surface area contributed by atoms with Crippen LogP contribution in [0.15, 0.2) is 53.3 Å². The van der Waals surface area contributed by atoms with E-state index in [0.29, 0.717) is 5.57 Å². The predicted octanol–water partition coefficient (Wildman–Crippen LogP) is 3.88. The molecule has 1 amide bonds. The Morgan fingerprint density at radius 3 is 2.17 bits per heavy atom. The number of Topliss-reactive ketones (excluding diaryl/α,β-unsaturated/α-hetero) is 1. The van der Waals surface area contributed by atoms with Crippen LogP contribution in [0.3, 0.4) is 0 Å². The van der Waals surface area contributed by atoms with Crippen molar-refractivity contribution in [2.75, 3.05) is 13.2 Å². The second-order valence-corrected chi connectivity index (χ2v) is 18.7. The van der Waals surface area contributed by atoms with E-state index in [9.17, 15) is 39.3 Å². The Morgan fingerprint density at radius 1 is 1.00 bits per heavy atom. The minimum Gasteiger partial charge on any atom is -0.460 e. The van der Waals surface area contributed by atoms with Gasteiger partial charge in [-0.3, -0.25) is 14.4 Å². The molecular formula is C44H59NO15. The molecule has 1 aromatic rings. The number of rotatable bonds is 10. The Morgan fingerprint density at radius 2 is 1.63 bits per heavy atom. The van der Waals surface area contributed by atoms with Gasteiger partial charge in [0.15, 0.2) is 17.5 Å². The molecule has 5 rings (SSSR count). The number of esters is 4. The first kappa shape index (κ1) is 46.4. The van der Waals surface area contributed by atoms with Crippen LogP contribution in [0.5, 0.6) is 0 Å². The van der Waals surface area contributed by atoms with Crippen LogP contribution in [0.2, 0.25) is 0 Å². The summed E-state index contributed by atoms with van der Waals surface area (Å²) >= 11 is 0. The average molecular weight is 842 g/mol. The summed E-state index contributed by atoms with van der Waals surface area (Å²) in [5.74, 6) is -7.92. The smallest absolute Gasteiger partial charge is 0.407 e. The van der Waals surface area contributed by atoms with Crippen molar-refractivity contribution in [1.82, 2.24) is 5.32 Å². The maximum atomic E-state index is 15.4. The van der Waals surface area contributed by atoms with Gasteiger partial charge in [0, 0.05) is 38.0 Å². The molecule has 0 radical (unpaired) electrons. The number of carbonyl (C=O) groups is 6. The minimum absolute atomic E-state index is 0.00498. The number of ketones is 1. The summed E-state index contributed by atoms with van der Waals surface area (Å²) in [6, 6.07) is 6.49. The number of carbonyl (C=O) groups excluding carboxylic acids is 6. The predicted molar refractivity (Wildman–Crippen MR) is 211 cm³/mol. The zero-order chi connectivity index (χ0) is 44.9. The fraction of sp³-hybridized carbons (Fsp3) is 0.636. The van der Waals surface area contributed by atoms with Crippen molar-refractivity contribution in [2.45, 2.75) is 137 Å². The number of benzene rings is 1. The summed E-state index contributed by atoms with van der Waals surface area (Å²) in [5.41, 5.74) is -7.57. The van der Waals surface area contributed by atoms with E-state index >= 15 is 4.79 Å². The van der Waals surface area contributed by atoms with Crippen LogP contribution < -0.4 is 5.32 Å². The Labute approximate surface area is 349 Å². The van der Waals surface area contributed by atoms with Crippen molar-refractivity contribution >= 4 is 35.8 Å². The molecule has 1 aliphatic heterocycles. The topological polar surface area (TPSA) is 231 Å². The van der Waals surface area contributed by atoms with Crippen LogP contribution in [0.4, 0.5) is 4.79 Å². The number of nitrogens with one attached hydrogen (secondary N) is 1. The first-order valence-electron chi connectivity index (χ1n) is 20.1. The number of aliphatic hydroxyl groups excluding tert-OH is 2. The Balaban J connectivity index is 1.71. The molecule has 11 atom stereocenters. The Hall–Kier alpha value is -4.64. The monoisotopic (exact) mass is 841 g/mol. The maximum absolute atomic E-state index is 15.4. The largest absolute Gasteiger partial charge is 0.460 e. The fourth-order valence-corrected chi connectivity index (χ4v) is 9.42. The van der Waals surface area contributed by atoms with Gasteiger partial charge in [0.05, 0.1) is 42.3 Å². The number of fused-ring (bicyclic) bond motifs is 5. The van der Waals surface area contributed by atoms with Gasteiger partial charge in [-0.2, -0.15) is 0 Å². The molecule has 2 bridgehead atoms. The van der Waals surface area contributed by atoms with Crippen molar-refractivity contribution in [3.8, 4) is 0 Å². The number of aliphatic hydroxyl groups is 3. The molecule has 0 spiro atoms. The van der Waals surface area contributed by atoms with Gasteiger partial charge in [-0.15, -0.1) is 0 Å². The maximum Gasteiger partial charge on any atom is 0.407 e. The Bertz CT molecular complexity index is 1950. The molecule has 3 aliphatic carbocycles. The summed E-state index contributed by atoms with van der Waals surface area (Å²) < 4.78 is 35.3. The number of hydrogen-bond donors (Lipinski definition) is 4. The lowest BCUT2D eigenvalue weighted by Crippen LogP contribution is -2.81. The molecule has 16 nitrogen and oxygen atoms in total. The molecular weight excluding hydrogens is 782 g/mol. The molecule has 0 aromatic heterocycles. The van der Waals surface area contributed by atoms with Crippen molar-refractivity contribution in [3.05, 3.63) is 58.9 Å². The summed E-state index contributed by atoms with van der Waals surface area (Å²) in [5, 5.41) is 39.6. The second kappa shape index (κ2) is 16.7. The zero-order valence-electron chi connectivity index (χ0n) is 36.2. The van der Waals surface area contributed by atoms with Gasteiger partial charge >= 0.3 is 30.0 Å². The zero-order valence-corrected chi connectivity index (χ0v) is 36.2. The van der Waals surface area contributed by atoms with E-state index in [4.69, 9.17) is 28.4 Å². The number of alkyl carbamates (subject to hydrolysis) is 1. The molecule has 1 aromatic carbocycles. The summed E-state index contributed by atoms with van der Waals surface area (Å²) in [7, 11) is 0. The van der Waals surface area contributed by atoms with E-state index < -0.39 is 118 Å². The number of allylic oxidation sites excluding steroid dienone is 2. The van der Waals surface area contributed by atoms with Crippen LogP contribution >= 0.6 is 0 Å². The van der Waals surface area contributed by atoms with E-state index in [1.165, 1.54) is 25.1 Å². The minimum atomic E-state index is -2.38. The molecule has 4 aliphatic rings. The molecule has 60 heavy (non-hydrogen) atoms. The molecule has 2 saturated carbocycles. The lowest BCUT2D eigenvalue weighted by molar-refractivity contribution is -0.345. The first-order valence-corrected chi connectivity index (χ1v) is 20.1. The van der Waals surface area contributed by atoms with E-state index in [1.807, 2.05) is 20.8 Å². The first-order chi connectivity index (χ1) is 27.7. The molecule has 1 saturated heterocycles. The molecule has 3 fully saturated rings.